The van der Waals surface area contributed by atoms with E-state index in [0.29, 0.717) is 18.0 Å². The smallest absolute Gasteiger partial charge is 0.149 e. The molecule has 4 heteroatoms. The largest absolute Gasteiger partial charge is 0.367 e. The van der Waals surface area contributed by atoms with Crippen LogP contribution in [0.25, 0.3) is 0 Å². The lowest BCUT2D eigenvalue weighted by Crippen LogP contribution is -2.27. The summed E-state index contributed by atoms with van der Waals surface area (Å²) >= 11 is 0. The molecule has 0 spiro atoms. The Morgan fingerprint density at radius 2 is 1.88 bits per heavy atom. The molecule has 0 heterocycles. The van der Waals surface area contributed by atoms with Crippen LogP contribution in [0.4, 0.5) is 14.5 Å². The third kappa shape index (κ3) is 2.75. The molecule has 1 aliphatic rings. The minimum atomic E-state index is -0.507. The highest BCUT2D eigenvalue weighted by Gasteiger charge is 2.26. The minimum Gasteiger partial charge on any atom is -0.367 e. The first-order chi connectivity index (χ1) is 8.15. The van der Waals surface area contributed by atoms with E-state index >= 15 is 0 Å². The van der Waals surface area contributed by atoms with Crippen molar-refractivity contribution in [3.63, 3.8) is 0 Å². The van der Waals surface area contributed by atoms with Crippen LogP contribution in [0, 0.1) is 17.6 Å². The van der Waals surface area contributed by atoms with Gasteiger partial charge in [0.1, 0.15) is 17.3 Å². The molecule has 2 rings (SSSR count). The number of benzene rings is 1. The van der Waals surface area contributed by atoms with Gasteiger partial charge >= 0.3 is 0 Å². The van der Waals surface area contributed by atoms with Crippen LogP contribution in [0.1, 0.15) is 25.3 Å². The molecule has 0 aromatic heterocycles. The zero-order chi connectivity index (χ0) is 12.4. The van der Waals surface area contributed by atoms with E-state index in [9.17, 15) is 8.78 Å². The molecule has 1 aromatic carbocycles. The number of hydrogen-bond acceptors (Lipinski definition) is 2. The standard InChI is InChI=1S/C13H18F2N2/c1-2-17(8-9-3-4-9)13-11(14)5-10(7-16)6-12(13)15/h5-6,9H,2-4,7-8,16H2,1H3. The van der Waals surface area contributed by atoms with Crippen LogP contribution in [0.2, 0.25) is 0 Å². The Balaban J connectivity index is 2.28. The van der Waals surface area contributed by atoms with Crippen molar-refractivity contribution in [2.75, 3.05) is 18.0 Å². The first kappa shape index (κ1) is 12.3. The zero-order valence-electron chi connectivity index (χ0n) is 10.0. The lowest BCUT2D eigenvalue weighted by Gasteiger charge is -2.24. The molecule has 17 heavy (non-hydrogen) atoms. The van der Waals surface area contributed by atoms with Gasteiger partial charge in [0.25, 0.3) is 0 Å². The molecule has 1 aromatic rings. The highest BCUT2D eigenvalue weighted by atomic mass is 19.1. The fourth-order valence-electron chi connectivity index (χ4n) is 2.03. The van der Waals surface area contributed by atoms with E-state index in [2.05, 4.69) is 0 Å². The summed E-state index contributed by atoms with van der Waals surface area (Å²) in [5.74, 6) is -0.413. The van der Waals surface area contributed by atoms with Gasteiger partial charge in [0.2, 0.25) is 0 Å². The third-order valence-electron chi connectivity index (χ3n) is 3.19. The van der Waals surface area contributed by atoms with Crippen molar-refractivity contribution in [1.82, 2.24) is 0 Å². The number of halogens is 2. The van der Waals surface area contributed by atoms with Crippen LogP contribution in [-0.2, 0) is 6.54 Å². The normalized spacial score (nSPS) is 15.1. The molecule has 1 aliphatic carbocycles. The van der Waals surface area contributed by atoms with E-state index in [0.717, 1.165) is 6.54 Å². The molecule has 94 valence electrons. The van der Waals surface area contributed by atoms with Crippen LogP contribution in [0.3, 0.4) is 0 Å². The molecule has 0 bridgehead atoms. The number of hydrogen-bond donors (Lipinski definition) is 1. The second-order valence-electron chi connectivity index (χ2n) is 4.59. The van der Waals surface area contributed by atoms with E-state index < -0.39 is 11.6 Å². The predicted molar refractivity (Wildman–Crippen MR) is 64.9 cm³/mol. The van der Waals surface area contributed by atoms with E-state index in [4.69, 9.17) is 5.73 Å². The van der Waals surface area contributed by atoms with Gasteiger partial charge in [-0.15, -0.1) is 0 Å². The fourth-order valence-corrected chi connectivity index (χ4v) is 2.03. The molecule has 0 aliphatic heterocycles. The Morgan fingerprint density at radius 1 is 1.29 bits per heavy atom. The predicted octanol–water partition coefficient (Wildman–Crippen LogP) is 2.66. The Bertz CT molecular complexity index is 379. The van der Waals surface area contributed by atoms with Gasteiger partial charge < -0.3 is 10.6 Å². The van der Waals surface area contributed by atoms with Crippen molar-refractivity contribution in [3.05, 3.63) is 29.3 Å². The highest BCUT2D eigenvalue weighted by molar-refractivity contribution is 5.50. The van der Waals surface area contributed by atoms with Gasteiger partial charge in [-0.3, -0.25) is 0 Å². The lowest BCUT2D eigenvalue weighted by atomic mass is 10.1. The van der Waals surface area contributed by atoms with E-state index in [1.54, 1.807) is 4.90 Å². The zero-order valence-corrected chi connectivity index (χ0v) is 10.0. The number of nitrogens with zero attached hydrogens (tertiary/aromatic N) is 1. The van der Waals surface area contributed by atoms with Gasteiger partial charge in [-0.25, -0.2) is 8.78 Å². The topological polar surface area (TPSA) is 29.3 Å². The summed E-state index contributed by atoms with van der Waals surface area (Å²) in [6.07, 6.45) is 2.33. The van der Waals surface area contributed by atoms with Gasteiger partial charge in [-0.05, 0) is 43.4 Å². The Labute approximate surface area is 100 Å². The molecule has 0 unspecified atom stereocenters. The quantitative estimate of drug-likeness (QED) is 0.857. The number of anilines is 1. The second-order valence-corrected chi connectivity index (χ2v) is 4.59. The summed E-state index contributed by atoms with van der Waals surface area (Å²) in [5.41, 5.74) is 5.98. The van der Waals surface area contributed by atoms with Crippen molar-refractivity contribution in [1.29, 1.82) is 0 Å². The van der Waals surface area contributed by atoms with Crippen LogP contribution in [0.5, 0.6) is 0 Å². The fraction of sp³-hybridized carbons (Fsp3) is 0.538. The minimum absolute atomic E-state index is 0.0941. The van der Waals surface area contributed by atoms with Crippen molar-refractivity contribution < 1.29 is 8.78 Å². The van der Waals surface area contributed by atoms with Crippen LogP contribution < -0.4 is 10.6 Å². The summed E-state index contributed by atoms with van der Waals surface area (Å²) in [4.78, 5) is 1.78. The van der Waals surface area contributed by atoms with Gasteiger partial charge in [-0.1, -0.05) is 0 Å². The van der Waals surface area contributed by atoms with E-state index in [1.807, 2.05) is 6.92 Å². The summed E-state index contributed by atoms with van der Waals surface area (Å²) in [7, 11) is 0. The molecule has 0 amide bonds. The molecular formula is C13H18F2N2. The molecule has 0 saturated heterocycles. The monoisotopic (exact) mass is 240 g/mol. The average Bonchev–Trinajstić information content (AvgIpc) is 3.10. The highest BCUT2D eigenvalue weighted by Crippen LogP contribution is 2.33. The molecule has 1 fully saturated rings. The number of rotatable bonds is 5. The summed E-state index contributed by atoms with van der Waals surface area (Å²) in [6, 6.07) is 2.65. The summed E-state index contributed by atoms with van der Waals surface area (Å²) < 4.78 is 27.7. The third-order valence-corrected chi connectivity index (χ3v) is 3.19. The SMILES string of the molecule is CCN(CC1CC1)c1c(F)cc(CN)cc1F. The summed E-state index contributed by atoms with van der Waals surface area (Å²) in [6.45, 7) is 3.43. The Hall–Kier alpha value is -1.16. The summed E-state index contributed by atoms with van der Waals surface area (Å²) in [5, 5.41) is 0. The maximum atomic E-state index is 13.9. The molecule has 2 N–H and O–H groups in total. The molecule has 2 nitrogen and oxygen atoms in total. The number of nitrogens with two attached hydrogens (primary N) is 1. The molecule has 0 radical (unpaired) electrons. The van der Waals surface area contributed by atoms with Crippen molar-refractivity contribution in [3.8, 4) is 0 Å². The first-order valence-corrected chi connectivity index (χ1v) is 6.08. The maximum absolute atomic E-state index is 13.9. The average molecular weight is 240 g/mol. The maximum Gasteiger partial charge on any atom is 0.149 e. The van der Waals surface area contributed by atoms with Gasteiger partial charge in [0.15, 0.2) is 0 Å². The van der Waals surface area contributed by atoms with Crippen molar-refractivity contribution in [2.45, 2.75) is 26.3 Å². The van der Waals surface area contributed by atoms with Gasteiger partial charge in [0, 0.05) is 19.6 Å². The Morgan fingerprint density at radius 3 is 2.29 bits per heavy atom. The van der Waals surface area contributed by atoms with Crippen LogP contribution in [0.15, 0.2) is 12.1 Å². The second kappa shape index (κ2) is 5.00. The Kier molecular flexibility index (Phi) is 3.62. The van der Waals surface area contributed by atoms with Crippen LogP contribution >= 0.6 is 0 Å². The van der Waals surface area contributed by atoms with Crippen molar-refractivity contribution >= 4 is 5.69 Å². The lowest BCUT2D eigenvalue weighted by molar-refractivity contribution is 0.564. The van der Waals surface area contributed by atoms with Gasteiger partial charge in [0.05, 0.1) is 0 Å². The van der Waals surface area contributed by atoms with Crippen molar-refractivity contribution in [2.24, 2.45) is 11.7 Å². The first-order valence-electron chi connectivity index (χ1n) is 6.08. The van der Waals surface area contributed by atoms with E-state index in [-0.39, 0.29) is 12.2 Å². The molecular weight excluding hydrogens is 222 g/mol. The molecule has 0 atom stereocenters. The van der Waals surface area contributed by atoms with Crippen LogP contribution in [-0.4, -0.2) is 13.1 Å². The van der Waals surface area contributed by atoms with E-state index in [1.165, 1.54) is 25.0 Å². The molecule has 1 saturated carbocycles. The van der Waals surface area contributed by atoms with Gasteiger partial charge in [-0.2, -0.15) is 0 Å².